The van der Waals surface area contributed by atoms with Crippen molar-refractivity contribution in [3.63, 3.8) is 0 Å². The number of aromatic nitrogens is 2. The van der Waals surface area contributed by atoms with E-state index in [1.54, 1.807) is 18.2 Å². The second-order valence-corrected chi connectivity index (χ2v) is 9.26. The number of hydrogen-bond acceptors (Lipinski definition) is 6. The quantitative estimate of drug-likeness (QED) is 0.773. The first-order valence-electron chi connectivity index (χ1n) is 7.00. The Kier molecular flexibility index (Phi) is 3.72. The fraction of sp³-hybridized carbons (Fsp3) is 0.357. The lowest BCUT2D eigenvalue weighted by molar-refractivity contribution is 0.413. The van der Waals surface area contributed by atoms with Gasteiger partial charge in [0.2, 0.25) is 5.88 Å². The molecular formula is C14H16N2O5S2. The predicted molar refractivity (Wildman–Crippen MR) is 83.2 cm³/mol. The number of hydrogen-bond donors (Lipinski definition) is 0. The van der Waals surface area contributed by atoms with Gasteiger partial charge in [0.15, 0.2) is 9.84 Å². The molecule has 23 heavy (non-hydrogen) atoms. The van der Waals surface area contributed by atoms with Gasteiger partial charge in [-0.15, -0.1) is 0 Å². The maximum atomic E-state index is 12.4. The van der Waals surface area contributed by atoms with Crippen LogP contribution in [0.4, 0.5) is 0 Å². The predicted octanol–water partition coefficient (Wildman–Crippen LogP) is 1.66. The zero-order chi connectivity index (χ0) is 16.8. The highest BCUT2D eigenvalue weighted by Gasteiger charge is 2.35. The van der Waals surface area contributed by atoms with Gasteiger partial charge in [0, 0.05) is 0 Å². The Morgan fingerprint density at radius 3 is 2.43 bits per heavy atom. The lowest BCUT2D eigenvalue weighted by Crippen LogP contribution is -2.16. The van der Waals surface area contributed by atoms with E-state index < -0.39 is 20.0 Å². The molecule has 0 aliphatic carbocycles. The Labute approximate surface area is 134 Å². The Morgan fingerprint density at radius 2 is 1.83 bits per heavy atom. The van der Waals surface area contributed by atoms with Crippen molar-refractivity contribution in [2.45, 2.75) is 36.3 Å². The van der Waals surface area contributed by atoms with E-state index >= 15 is 0 Å². The molecule has 1 aliphatic heterocycles. The number of rotatable bonds is 4. The minimum absolute atomic E-state index is 0.00566. The fourth-order valence-electron chi connectivity index (χ4n) is 2.42. The Morgan fingerprint density at radius 1 is 1.17 bits per heavy atom. The maximum Gasteiger partial charge on any atom is 0.340 e. The van der Waals surface area contributed by atoms with Crippen molar-refractivity contribution in [2.75, 3.05) is 0 Å². The van der Waals surface area contributed by atoms with Gasteiger partial charge in [0.05, 0.1) is 28.8 Å². The van der Waals surface area contributed by atoms with E-state index in [1.807, 2.05) is 13.8 Å². The summed E-state index contributed by atoms with van der Waals surface area (Å²) in [4.78, 5) is 0.00566. The van der Waals surface area contributed by atoms with Crippen LogP contribution in [0, 0.1) is 0 Å². The van der Waals surface area contributed by atoms with Crippen LogP contribution in [0.5, 0.6) is 5.88 Å². The topological polar surface area (TPSA) is 95.3 Å². The molecule has 1 aliphatic rings. The summed E-state index contributed by atoms with van der Waals surface area (Å²) in [5.74, 6) is -0.460. The van der Waals surface area contributed by atoms with E-state index in [4.69, 9.17) is 4.18 Å². The zero-order valence-electron chi connectivity index (χ0n) is 12.6. The van der Waals surface area contributed by atoms with Gasteiger partial charge in [-0.1, -0.05) is 18.2 Å². The Balaban J connectivity index is 2.07. The average Bonchev–Trinajstić information content (AvgIpc) is 2.93. The summed E-state index contributed by atoms with van der Waals surface area (Å²) in [6.45, 7) is 3.64. The summed E-state index contributed by atoms with van der Waals surface area (Å²) in [5, 5.41) is 4.21. The molecule has 0 bridgehead atoms. The fourth-order valence-corrected chi connectivity index (χ4v) is 4.87. The Bertz CT molecular complexity index is 945. The van der Waals surface area contributed by atoms with Crippen molar-refractivity contribution in [1.82, 2.24) is 9.78 Å². The van der Waals surface area contributed by atoms with Crippen LogP contribution in [-0.4, -0.2) is 26.6 Å². The Hall–Kier alpha value is -1.87. The normalized spacial score (nSPS) is 16.5. The molecule has 0 spiro atoms. The molecule has 1 aromatic heterocycles. The van der Waals surface area contributed by atoms with Crippen molar-refractivity contribution in [1.29, 1.82) is 0 Å². The summed E-state index contributed by atoms with van der Waals surface area (Å²) in [7, 11) is -7.35. The molecule has 0 atom stereocenters. The first-order valence-corrected chi connectivity index (χ1v) is 10.2. The van der Waals surface area contributed by atoms with Gasteiger partial charge in [-0.05, 0) is 26.0 Å². The van der Waals surface area contributed by atoms with E-state index in [0.29, 0.717) is 11.3 Å². The molecule has 2 aromatic rings. The first kappa shape index (κ1) is 16.0. The number of sulfone groups is 1. The van der Waals surface area contributed by atoms with E-state index in [2.05, 4.69) is 5.10 Å². The van der Waals surface area contributed by atoms with E-state index in [0.717, 1.165) is 0 Å². The van der Waals surface area contributed by atoms with Gasteiger partial charge >= 0.3 is 10.1 Å². The number of nitrogens with zero attached hydrogens (tertiary/aromatic N) is 2. The zero-order valence-corrected chi connectivity index (χ0v) is 14.3. The van der Waals surface area contributed by atoms with Crippen molar-refractivity contribution in [3.8, 4) is 5.88 Å². The largest absolute Gasteiger partial charge is 0.358 e. The molecule has 0 unspecified atom stereocenters. The van der Waals surface area contributed by atoms with Gasteiger partial charge in [-0.2, -0.15) is 13.5 Å². The van der Waals surface area contributed by atoms with Gasteiger partial charge in [-0.3, -0.25) is 0 Å². The summed E-state index contributed by atoms with van der Waals surface area (Å²) >= 11 is 0. The maximum absolute atomic E-state index is 12.4. The van der Waals surface area contributed by atoms with Crippen LogP contribution in [-0.2, 0) is 31.5 Å². The third-order valence-corrected chi connectivity index (χ3v) is 6.14. The lowest BCUT2D eigenvalue weighted by atomic mass is 10.3. The van der Waals surface area contributed by atoms with E-state index in [9.17, 15) is 16.8 Å². The third kappa shape index (κ3) is 2.98. The standard InChI is InChI=1S/C14H16N2O5S2/c1-10(2)16-14(12-8-22(17,18)9-13(12)15-16)21-23(19,20)11-6-4-3-5-7-11/h3-7,10H,8-9H2,1-2H3. The second-order valence-electron chi connectivity index (χ2n) is 5.65. The summed E-state index contributed by atoms with van der Waals surface area (Å²) in [6, 6.07) is 7.55. The van der Waals surface area contributed by atoms with Crippen molar-refractivity contribution >= 4 is 20.0 Å². The lowest BCUT2D eigenvalue weighted by Gasteiger charge is -2.13. The van der Waals surface area contributed by atoms with Crippen molar-refractivity contribution in [3.05, 3.63) is 41.6 Å². The molecule has 9 heteroatoms. The monoisotopic (exact) mass is 356 g/mol. The molecular weight excluding hydrogens is 340 g/mol. The molecule has 0 radical (unpaired) electrons. The average molecular weight is 356 g/mol. The van der Waals surface area contributed by atoms with Crippen LogP contribution in [0.25, 0.3) is 0 Å². The molecule has 1 aromatic carbocycles. The van der Waals surface area contributed by atoms with Crippen LogP contribution in [0.2, 0.25) is 0 Å². The molecule has 0 fully saturated rings. The highest BCUT2D eigenvalue weighted by atomic mass is 32.2. The summed E-state index contributed by atoms with van der Waals surface area (Å²) in [5.41, 5.74) is 0.690. The third-order valence-electron chi connectivity index (χ3n) is 3.47. The van der Waals surface area contributed by atoms with Gasteiger partial charge in [0.1, 0.15) is 4.90 Å². The second kappa shape index (κ2) is 5.34. The minimum Gasteiger partial charge on any atom is -0.358 e. The van der Waals surface area contributed by atoms with Crippen LogP contribution >= 0.6 is 0 Å². The highest BCUT2D eigenvalue weighted by molar-refractivity contribution is 7.90. The van der Waals surface area contributed by atoms with Gasteiger partial charge < -0.3 is 4.18 Å². The minimum atomic E-state index is -4.05. The van der Waals surface area contributed by atoms with E-state index in [1.165, 1.54) is 16.8 Å². The molecule has 124 valence electrons. The van der Waals surface area contributed by atoms with Crippen molar-refractivity contribution in [2.24, 2.45) is 0 Å². The van der Waals surface area contributed by atoms with Crippen LogP contribution in [0.15, 0.2) is 35.2 Å². The van der Waals surface area contributed by atoms with E-state index in [-0.39, 0.29) is 28.3 Å². The van der Waals surface area contributed by atoms with Crippen LogP contribution in [0.1, 0.15) is 31.1 Å². The van der Waals surface area contributed by atoms with Crippen molar-refractivity contribution < 1.29 is 21.0 Å². The van der Waals surface area contributed by atoms with Gasteiger partial charge in [-0.25, -0.2) is 13.1 Å². The van der Waals surface area contributed by atoms with Crippen LogP contribution in [0.3, 0.4) is 0 Å². The molecule has 0 saturated heterocycles. The highest BCUT2D eigenvalue weighted by Crippen LogP contribution is 2.35. The number of fused-ring (bicyclic) bond motifs is 1. The molecule has 3 rings (SSSR count). The summed E-state index contributed by atoms with van der Waals surface area (Å²) < 4.78 is 55.1. The van der Waals surface area contributed by atoms with Crippen LogP contribution < -0.4 is 4.18 Å². The molecule has 0 N–H and O–H groups in total. The molecule has 7 nitrogen and oxygen atoms in total. The number of benzene rings is 1. The smallest absolute Gasteiger partial charge is 0.340 e. The molecule has 2 heterocycles. The summed E-state index contributed by atoms with van der Waals surface area (Å²) in [6.07, 6.45) is 0. The SMILES string of the molecule is CC(C)n1nc2c(c1OS(=O)(=O)c1ccccc1)CS(=O)(=O)C2. The molecule has 0 saturated carbocycles. The van der Waals surface area contributed by atoms with Gasteiger partial charge in [0.25, 0.3) is 0 Å². The first-order chi connectivity index (χ1) is 10.7. The molecule has 0 amide bonds.